The van der Waals surface area contributed by atoms with Crippen LogP contribution in [0.25, 0.3) is 0 Å². The summed E-state index contributed by atoms with van der Waals surface area (Å²) in [6.07, 6.45) is 3.00. The van der Waals surface area contributed by atoms with E-state index < -0.39 is 17.0 Å². The van der Waals surface area contributed by atoms with Crippen molar-refractivity contribution >= 4 is 23.0 Å². The lowest BCUT2D eigenvalue weighted by Crippen LogP contribution is -2.43. The number of hydrogen-bond donors (Lipinski definition) is 0. The smallest absolute Gasteiger partial charge is 0.331 e. The first-order valence-electron chi connectivity index (χ1n) is 8.03. The SMILES string of the molecule is CC(=O)c1cn(CC(=O)N2CCCC2c2ccsc2)c(=O)n(C)c1=O. The fourth-order valence-electron chi connectivity index (χ4n) is 3.19. The predicted molar refractivity (Wildman–Crippen MR) is 94.0 cm³/mol. The Morgan fingerprint density at radius 3 is 2.72 bits per heavy atom. The average Bonchev–Trinajstić information content (AvgIpc) is 3.25. The number of aromatic nitrogens is 2. The lowest BCUT2D eigenvalue weighted by atomic mass is 10.1. The molecule has 1 fully saturated rings. The summed E-state index contributed by atoms with van der Waals surface area (Å²) in [6.45, 7) is 1.72. The molecule has 0 N–H and O–H groups in total. The number of thiophene rings is 1. The van der Waals surface area contributed by atoms with Crippen molar-refractivity contribution in [2.75, 3.05) is 6.54 Å². The highest BCUT2D eigenvalue weighted by Gasteiger charge is 2.30. The Balaban J connectivity index is 1.90. The van der Waals surface area contributed by atoms with E-state index in [1.807, 2.05) is 16.8 Å². The van der Waals surface area contributed by atoms with Crippen LogP contribution in [0.1, 0.15) is 41.7 Å². The second-order valence-electron chi connectivity index (χ2n) is 6.18. The number of Topliss-reactive ketones (excluding diaryl/α,β-unsaturated/α-hetero) is 1. The van der Waals surface area contributed by atoms with E-state index in [9.17, 15) is 19.2 Å². The summed E-state index contributed by atoms with van der Waals surface area (Å²) in [7, 11) is 1.31. The number of carbonyl (C=O) groups is 2. The van der Waals surface area contributed by atoms with Gasteiger partial charge in [-0.1, -0.05) is 0 Å². The molecule has 2 aromatic rings. The first-order chi connectivity index (χ1) is 11.9. The van der Waals surface area contributed by atoms with Crippen LogP contribution in [0.2, 0.25) is 0 Å². The highest BCUT2D eigenvalue weighted by molar-refractivity contribution is 7.08. The van der Waals surface area contributed by atoms with Gasteiger partial charge in [-0.2, -0.15) is 11.3 Å². The number of rotatable bonds is 4. The zero-order valence-corrected chi connectivity index (χ0v) is 14.9. The van der Waals surface area contributed by atoms with Gasteiger partial charge in [-0.05, 0) is 42.2 Å². The van der Waals surface area contributed by atoms with Crippen LogP contribution < -0.4 is 11.2 Å². The standard InChI is InChI=1S/C17H19N3O4S/c1-11(21)13-8-19(17(24)18(2)16(13)23)9-15(22)20-6-3-4-14(20)12-5-7-25-10-12/h5,7-8,10,14H,3-4,6,9H2,1-2H3. The fourth-order valence-corrected chi connectivity index (χ4v) is 3.90. The summed E-state index contributed by atoms with van der Waals surface area (Å²) in [4.78, 5) is 50.4. The maximum atomic E-state index is 12.7. The summed E-state index contributed by atoms with van der Waals surface area (Å²) in [5.41, 5.74) is -0.230. The van der Waals surface area contributed by atoms with Crippen LogP contribution in [0.4, 0.5) is 0 Å². The molecule has 1 aliphatic rings. The Morgan fingerprint density at radius 1 is 1.32 bits per heavy atom. The van der Waals surface area contributed by atoms with Gasteiger partial charge in [0, 0.05) is 19.8 Å². The number of amides is 1. The van der Waals surface area contributed by atoms with E-state index in [1.165, 1.54) is 20.2 Å². The normalized spacial score (nSPS) is 17.0. The number of nitrogens with zero attached hydrogens (tertiary/aromatic N) is 3. The molecule has 8 heteroatoms. The predicted octanol–water partition coefficient (Wildman–Crippen LogP) is 1.17. The van der Waals surface area contributed by atoms with Crippen LogP contribution in [0.5, 0.6) is 0 Å². The van der Waals surface area contributed by atoms with E-state index in [-0.39, 0.29) is 24.1 Å². The zero-order chi connectivity index (χ0) is 18.1. The van der Waals surface area contributed by atoms with Crippen molar-refractivity contribution in [1.82, 2.24) is 14.0 Å². The van der Waals surface area contributed by atoms with E-state index in [0.717, 1.165) is 27.5 Å². The first-order valence-corrected chi connectivity index (χ1v) is 8.97. The van der Waals surface area contributed by atoms with Crippen LogP contribution in [-0.2, 0) is 18.4 Å². The number of likely N-dealkylation sites (tertiary alicyclic amines) is 1. The summed E-state index contributed by atoms with van der Waals surface area (Å²) in [5, 5.41) is 4.01. The van der Waals surface area contributed by atoms with E-state index in [2.05, 4.69) is 0 Å². The Bertz CT molecular complexity index is 926. The fraction of sp³-hybridized carbons (Fsp3) is 0.412. The van der Waals surface area contributed by atoms with Crippen molar-refractivity contribution in [3.8, 4) is 0 Å². The molecule has 25 heavy (non-hydrogen) atoms. The Hall–Kier alpha value is -2.48. The average molecular weight is 361 g/mol. The Labute approximate surface area is 148 Å². The van der Waals surface area contributed by atoms with Crippen LogP contribution in [0, 0.1) is 0 Å². The minimum atomic E-state index is -0.640. The quantitative estimate of drug-likeness (QED) is 0.766. The molecule has 0 aliphatic carbocycles. The summed E-state index contributed by atoms with van der Waals surface area (Å²) in [5.74, 6) is -0.622. The van der Waals surface area contributed by atoms with Gasteiger partial charge in [-0.15, -0.1) is 0 Å². The molecule has 1 unspecified atom stereocenters. The summed E-state index contributed by atoms with van der Waals surface area (Å²) >= 11 is 1.59. The molecule has 2 aromatic heterocycles. The third-order valence-electron chi connectivity index (χ3n) is 4.54. The minimum Gasteiger partial charge on any atom is -0.334 e. The molecule has 0 bridgehead atoms. The number of carbonyl (C=O) groups excluding carboxylic acids is 2. The summed E-state index contributed by atoms with van der Waals surface area (Å²) < 4.78 is 2.01. The largest absolute Gasteiger partial charge is 0.334 e. The highest BCUT2D eigenvalue weighted by atomic mass is 32.1. The third-order valence-corrected chi connectivity index (χ3v) is 5.24. The molecular weight excluding hydrogens is 342 g/mol. The van der Waals surface area contributed by atoms with Gasteiger partial charge in [-0.3, -0.25) is 23.5 Å². The van der Waals surface area contributed by atoms with Crippen molar-refractivity contribution in [2.45, 2.75) is 32.4 Å². The molecule has 1 atom stereocenters. The zero-order valence-electron chi connectivity index (χ0n) is 14.1. The van der Waals surface area contributed by atoms with Gasteiger partial charge in [0.1, 0.15) is 6.54 Å². The molecule has 132 valence electrons. The second kappa shape index (κ2) is 6.79. The van der Waals surface area contributed by atoms with Gasteiger partial charge >= 0.3 is 5.69 Å². The van der Waals surface area contributed by atoms with Crippen molar-refractivity contribution in [1.29, 1.82) is 0 Å². The monoisotopic (exact) mass is 361 g/mol. The highest BCUT2D eigenvalue weighted by Crippen LogP contribution is 2.33. The molecule has 7 nitrogen and oxygen atoms in total. The van der Waals surface area contributed by atoms with Gasteiger partial charge in [0.25, 0.3) is 5.56 Å². The van der Waals surface area contributed by atoms with E-state index >= 15 is 0 Å². The van der Waals surface area contributed by atoms with Gasteiger partial charge in [0.15, 0.2) is 5.78 Å². The van der Waals surface area contributed by atoms with E-state index in [0.29, 0.717) is 6.54 Å². The van der Waals surface area contributed by atoms with Crippen molar-refractivity contribution in [3.63, 3.8) is 0 Å². The molecular formula is C17H19N3O4S. The van der Waals surface area contributed by atoms with Crippen LogP contribution >= 0.6 is 11.3 Å². The van der Waals surface area contributed by atoms with Crippen molar-refractivity contribution in [2.24, 2.45) is 7.05 Å². The molecule has 0 aromatic carbocycles. The van der Waals surface area contributed by atoms with E-state index in [4.69, 9.17) is 0 Å². The molecule has 1 saturated heterocycles. The molecule has 0 radical (unpaired) electrons. The van der Waals surface area contributed by atoms with Crippen LogP contribution in [-0.4, -0.2) is 32.3 Å². The molecule has 3 rings (SSSR count). The van der Waals surface area contributed by atoms with Gasteiger partial charge in [0.2, 0.25) is 5.91 Å². The molecule has 0 spiro atoms. The topological polar surface area (TPSA) is 81.4 Å². The summed E-state index contributed by atoms with van der Waals surface area (Å²) in [6, 6.07) is 2.03. The van der Waals surface area contributed by atoms with Gasteiger partial charge in [-0.25, -0.2) is 4.79 Å². The van der Waals surface area contributed by atoms with Gasteiger partial charge < -0.3 is 4.90 Å². The number of ketones is 1. The number of hydrogen-bond acceptors (Lipinski definition) is 5. The Kier molecular flexibility index (Phi) is 4.71. The van der Waals surface area contributed by atoms with Gasteiger partial charge in [0.05, 0.1) is 11.6 Å². The molecule has 1 aliphatic heterocycles. The molecule has 3 heterocycles. The first kappa shape index (κ1) is 17.3. The van der Waals surface area contributed by atoms with Crippen LogP contribution in [0.3, 0.4) is 0 Å². The van der Waals surface area contributed by atoms with Crippen molar-refractivity contribution < 1.29 is 9.59 Å². The molecule has 0 saturated carbocycles. The lowest BCUT2D eigenvalue weighted by Gasteiger charge is -2.24. The minimum absolute atomic E-state index is 0.0225. The molecule has 1 amide bonds. The maximum Gasteiger partial charge on any atom is 0.331 e. The third kappa shape index (κ3) is 3.21. The van der Waals surface area contributed by atoms with Crippen LogP contribution in [0.15, 0.2) is 32.6 Å². The lowest BCUT2D eigenvalue weighted by molar-refractivity contribution is -0.132. The van der Waals surface area contributed by atoms with Crippen molar-refractivity contribution in [3.05, 3.63) is 55.0 Å². The maximum absolute atomic E-state index is 12.7. The van der Waals surface area contributed by atoms with E-state index in [1.54, 1.807) is 16.2 Å². The second-order valence-corrected chi connectivity index (χ2v) is 6.96. The Morgan fingerprint density at radius 2 is 2.08 bits per heavy atom.